The first kappa shape index (κ1) is 20.7. The summed E-state index contributed by atoms with van der Waals surface area (Å²) in [7, 11) is 1.20. The van der Waals surface area contributed by atoms with E-state index in [0.29, 0.717) is 25.9 Å². The highest BCUT2D eigenvalue weighted by molar-refractivity contribution is 5.90. The number of ether oxygens (including phenoxy) is 2. The van der Waals surface area contributed by atoms with Crippen molar-refractivity contribution in [2.75, 3.05) is 20.2 Å². The van der Waals surface area contributed by atoms with Crippen LogP contribution in [0.3, 0.4) is 0 Å². The Morgan fingerprint density at radius 3 is 2.20 bits per heavy atom. The van der Waals surface area contributed by atoms with Crippen molar-refractivity contribution in [2.45, 2.75) is 51.7 Å². The van der Waals surface area contributed by atoms with Crippen molar-refractivity contribution in [3.8, 4) is 0 Å². The van der Waals surface area contributed by atoms with Crippen LogP contribution in [0, 0.1) is 5.92 Å². The smallest absolute Gasteiger partial charge is 0.408 e. The highest BCUT2D eigenvalue weighted by Gasteiger charge is 2.33. The number of nitrogens with two attached hydrogens (primary N) is 1. The van der Waals surface area contributed by atoms with Crippen LogP contribution in [0.15, 0.2) is 0 Å². The summed E-state index contributed by atoms with van der Waals surface area (Å²) in [6, 6.07) is -1.09. The molecule has 0 aromatic carbocycles. The molecule has 0 radical (unpaired) electrons. The maximum Gasteiger partial charge on any atom is 0.408 e. The number of nitrogens with one attached hydrogen (secondary N) is 1. The van der Waals surface area contributed by atoms with E-state index in [1.54, 1.807) is 20.8 Å². The van der Waals surface area contributed by atoms with Crippen molar-refractivity contribution in [1.29, 1.82) is 0 Å². The number of carbonyl (C=O) groups is 4. The summed E-state index contributed by atoms with van der Waals surface area (Å²) in [6.07, 6.45) is -0.178. The lowest BCUT2D eigenvalue weighted by molar-refractivity contribution is -0.145. The Balaban J connectivity index is 2.74. The Kier molecular flexibility index (Phi) is 7.20. The van der Waals surface area contributed by atoms with Crippen LogP contribution in [0.25, 0.3) is 0 Å². The molecule has 0 saturated carbocycles. The first-order chi connectivity index (χ1) is 11.5. The van der Waals surface area contributed by atoms with E-state index in [-0.39, 0.29) is 18.2 Å². The number of likely N-dealkylation sites (tertiary alicyclic amines) is 1. The zero-order valence-electron chi connectivity index (χ0n) is 15.2. The third-order valence-electron chi connectivity index (χ3n) is 3.80. The summed E-state index contributed by atoms with van der Waals surface area (Å²) in [4.78, 5) is 48.9. The van der Waals surface area contributed by atoms with Crippen LogP contribution in [0.5, 0.6) is 0 Å². The molecule has 9 heteroatoms. The maximum atomic E-state index is 12.7. The molecule has 0 aromatic rings. The van der Waals surface area contributed by atoms with Gasteiger partial charge in [0.15, 0.2) is 0 Å². The monoisotopic (exact) mass is 357 g/mol. The Morgan fingerprint density at radius 2 is 1.76 bits per heavy atom. The Morgan fingerprint density at radius 1 is 1.20 bits per heavy atom. The molecule has 0 spiro atoms. The molecule has 1 rings (SSSR count). The number of carbonyl (C=O) groups excluding carboxylic acids is 4. The summed E-state index contributed by atoms with van der Waals surface area (Å²) in [5.41, 5.74) is 4.55. The van der Waals surface area contributed by atoms with Crippen LogP contribution < -0.4 is 11.1 Å². The predicted molar refractivity (Wildman–Crippen MR) is 88.3 cm³/mol. The molecule has 0 aromatic heterocycles. The van der Waals surface area contributed by atoms with Crippen LogP contribution in [0.1, 0.15) is 40.0 Å². The highest BCUT2D eigenvalue weighted by atomic mass is 16.6. The molecule has 9 nitrogen and oxygen atoms in total. The molecule has 3 amide bonds. The molecular formula is C16H27N3O6. The molecule has 1 aliphatic rings. The van der Waals surface area contributed by atoms with Crippen molar-refractivity contribution in [3.63, 3.8) is 0 Å². The van der Waals surface area contributed by atoms with Gasteiger partial charge in [0, 0.05) is 19.0 Å². The number of primary amides is 1. The molecule has 142 valence electrons. The second-order valence-electron chi connectivity index (χ2n) is 6.98. The summed E-state index contributed by atoms with van der Waals surface area (Å²) in [5, 5.41) is 2.43. The normalized spacial score (nSPS) is 16.7. The third-order valence-corrected chi connectivity index (χ3v) is 3.80. The number of amides is 3. The van der Waals surface area contributed by atoms with Gasteiger partial charge in [-0.05, 0) is 33.6 Å². The van der Waals surface area contributed by atoms with Crippen LogP contribution in [-0.2, 0) is 23.9 Å². The van der Waals surface area contributed by atoms with E-state index < -0.39 is 29.6 Å². The largest absolute Gasteiger partial charge is 0.469 e. The van der Waals surface area contributed by atoms with Crippen LogP contribution >= 0.6 is 0 Å². The van der Waals surface area contributed by atoms with Gasteiger partial charge in [-0.1, -0.05) is 0 Å². The van der Waals surface area contributed by atoms with Crippen molar-refractivity contribution in [3.05, 3.63) is 0 Å². The number of rotatable bonds is 5. The Bertz CT molecular complexity index is 520. The molecule has 1 fully saturated rings. The lowest BCUT2D eigenvalue weighted by Gasteiger charge is -2.33. The van der Waals surface area contributed by atoms with Gasteiger partial charge in [-0.25, -0.2) is 4.79 Å². The predicted octanol–water partition coefficient (Wildman–Crippen LogP) is 0.167. The fraction of sp³-hybridized carbons (Fsp3) is 0.750. The summed E-state index contributed by atoms with van der Waals surface area (Å²) >= 11 is 0. The van der Waals surface area contributed by atoms with Crippen LogP contribution in [0.4, 0.5) is 4.79 Å². The van der Waals surface area contributed by atoms with Crippen molar-refractivity contribution >= 4 is 23.9 Å². The van der Waals surface area contributed by atoms with Crippen molar-refractivity contribution in [2.24, 2.45) is 11.7 Å². The minimum Gasteiger partial charge on any atom is -0.469 e. The van der Waals surface area contributed by atoms with Crippen molar-refractivity contribution < 1.29 is 28.7 Å². The van der Waals surface area contributed by atoms with Gasteiger partial charge in [-0.15, -0.1) is 0 Å². The summed E-state index contributed by atoms with van der Waals surface area (Å²) in [5.74, 6) is -1.69. The molecular weight excluding hydrogens is 330 g/mol. The topological polar surface area (TPSA) is 128 Å². The lowest BCUT2D eigenvalue weighted by atomic mass is 9.95. The molecule has 3 N–H and O–H groups in total. The van der Waals surface area contributed by atoms with Crippen LogP contribution in [0.2, 0.25) is 0 Å². The van der Waals surface area contributed by atoms with Gasteiger partial charge in [0.05, 0.1) is 13.5 Å². The fourth-order valence-corrected chi connectivity index (χ4v) is 2.50. The molecule has 0 aliphatic carbocycles. The minimum atomic E-state index is -1.09. The van der Waals surface area contributed by atoms with E-state index in [0.717, 1.165) is 0 Å². The second-order valence-corrected chi connectivity index (χ2v) is 6.98. The molecule has 25 heavy (non-hydrogen) atoms. The molecule has 1 aliphatic heterocycles. The molecule has 1 saturated heterocycles. The SMILES string of the molecule is COC(=O)CC(NC(=O)OC(C)(C)C)C(=O)N1CCC(C(N)=O)CC1. The Labute approximate surface area is 147 Å². The van der Waals surface area contributed by atoms with Crippen molar-refractivity contribution in [1.82, 2.24) is 10.2 Å². The van der Waals surface area contributed by atoms with E-state index >= 15 is 0 Å². The minimum absolute atomic E-state index is 0.262. The van der Waals surface area contributed by atoms with Gasteiger partial charge < -0.3 is 25.4 Å². The van der Waals surface area contributed by atoms with Gasteiger partial charge in [-0.2, -0.15) is 0 Å². The van der Waals surface area contributed by atoms with E-state index in [1.165, 1.54) is 12.0 Å². The highest BCUT2D eigenvalue weighted by Crippen LogP contribution is 2.18. The molecule has 0 bridgehead atoms. The first-order valence-corrected chi connectivity index (χ1v) is 8.18. The fourth-order valence-electron chi connectivity index (χ4n) is 2.50. The van der Waals surface area contributed by atoms with Crippen LogP contribution in [-0.4, -0.2) is 60.6 Å². The number of piperidine rings is 1. The first-order valence-electron chi connectivity index (χ1n) is 8.18. The summed E-state index contributed by atoms with van der Waals surface area (Å²) < 4.78 is 9.72. The quantitative estimate of drug-likeness (QED) is 0.675. The number of methoxy groups -OCH3 is 1. The van der Waals surface area contributed by atoms with Gasteiger partial charge in [-0.3, -0.25) is 14.4 Å². The summed E-state index contributed by atoms with van der Waals surface area (Å²) in [6.45, 7) is 5.75. The molecule has 1 atom stereocenters. The van der Waals surface area contributed by atoms with E-state index in [1.807, 2.05) is 0 Å². The molecule has 1 unspecified atom stereocenters. The Hall–Kier alpha value is -2.32. The third kappa shape index (κ3) is 6.98. The number of hydrogen-bond acceptors (Lipinski definition) is 6. The zero-order valence-corrected chi connectivity index (χ0v) is 15.2. The standard InChI is InChI=1S/C16H27N3O6/c1-16(2,3)25-15(23)18-11(9-12(20)24-4)14(22)19-7-5-10(6-8-19)13(17)21/h10-11H,5-9H2,1-4H3,(H2,17,21)(H,18,23). The van der Waals surface area contributed by atoms with Gasteiger partial charge in [0.2, 0.25) is 11.8 Å². The average molecular weight is 357 g/mol. The second kappa shape index (κ2) is 8.68. The average Bonchev–Trinajstić information content (AvgIpc) is 2.51. The number of esters is 1. The van der Waals surface area contributed by atoms with Gasteiger partial charge in [0.25, 0.3) is 0 Å². The van der Waals surface area contributed by atoms with Gasteiger partial charge >= 0.3 is 12.1 Å². The number of alkyl carbamates (subject to hydrolysis) is 1. The molecule has 1 heterocycles. The van der Waals surface area contributed by atoms with Gasteiger partial charge in [0.1, 0.15) is 11.6 Å². The number of nitrogens with zero attached hydrogens (tertiary/aromatic N) is 1. The zero-order chi connectivity index (χ0) is 19.2. The number of hydrogen-bond donors (Lipinski definition) is 2. The van der Waals surface area contributed by atoms with E-state index in [4.69, 9.17) is 10.5 Å². The maximum absolute atomic E-state index is 12.7. The van der Waals surface area contributed by atoms with E-state index in [9.17, 15) is 19.2 Å². The lowest BCUT2D eigenvalue weighted by Crippen LogP contribution is -2.53. The van der Waals surface area contributed by atoms with E-state index in [2.05, 4.69) is 10.1 Å².